The number of rotatable bonds is 3. The van der Waals surface area contributed by atoms with E-state index in [9.17, 15) is 0 Å². The van der Waals surface area contributed by atoms with Crippen molar-refractivity contribution in [2.24, 2.45) is 0 Å². The zero-order valence-corrected chi connectivity index (χ0v) is 8.74. The molecular formula is C8H20Si. The van der Waals surface area contributed by atoms with Crippen molar-refractivity contribution in [2.75, 3.05) is 0 Å². The quantitative estimate of drug-likeness (QED) is 0.422. The van der Waals surface area contributed by atoms with Crippen molar-refractivity contribution in [3.05, 3.63) is 0 Å². The molecule has 0 aliphatic heterocycles. The zero-order valence-electron chi connectivity index (χ0n) is 7.33. The van der Waals surface area contributed by atoms with Crippen molar-refractivity contribution in [3.8, 4) is 0 Å². The average molecular weight is 144 g/mol. The molecular weight excluding hydrogens is 124 g/mol. The van der Waals surface area contributed by atoms with Gasteiger partial charge in [-0.15, -0.1) is 0 Å². The van der Waals surface area contributed by atoms with Gasteiger partial charge < -0.3 is 0 Å². The summed E-state index contributed by atoms with van der Waals surface area (Å²) in [5, 5.41) is 0.690. The van der Waals surface area contributed by atoms with Crippen molar-refractivity contribution in [1.29, 1.82) is 0 Å². The summed E-state index contributed by atoms with van der Waals surface area (Å²) >= 11 is 0. The second-order valence-corrected chi connectivity index (χ2v) is 7.35. The highest BCUT2D eigenvalue weighted by molar-refractivity contribution is 6.39. The fourth-order valence-electron chi connectivity index (χ4n) is 0.905. The molecule has 0 heterocycles. The Kier molecular flexibility index (Phi) is 4.20. The standard InChI is InChI=1S/C8H20Si/c1-5-6-7-9-8(2,3)4/h5-7,9H2,1-4H3. The third-order valence-electron chi connectivity index (χ3n) is 1.53. The Morgan fingerprint density at radius 1 is 1.22 bits per heavy atom. The van der Waals surface area contributed by atoms with Gasteiger partial charge in [0.25, 0.3) is 0 Å². The molecule has 0 aliphatic carbocycles. The Bertz CT molecular complexity index is 61.5. The van der Waals surface area contributed by atoms with Gasteiger partial charge in [-0.1, -0.05) is 46.6 Å². The second kappa shape index (κ2) is 4.10. The Labute approximate surface area is 61.9 Å². The molecule has 0 rings (SSSR count). The van der Waals surface area contributed by atoms with Crippen LogP contribution in [0.4, 0.5) is 0 Å². The highest BCUT2D eigenvalue weighted by Crippen LogP contribution is 2.22. The summed E-state index contributed by atoms with van der Waals surface area (Å²) < 4.78 is 0. The number of unbranched alkanes of at least 4 members (excludes halogenated alkanes) is 1. The van der Waals surface area contributed by atoms with E-state index in [4.69, 9.17) is 0 Å². The molecule has 0 aromatic heterocycles. The second-order valence-electron chi connectivity index (χ2n) is 4.02. The van der Waals surface area contributed by atoms with E-state index in [1.54, 1.807) is 6.04 Å². The van der Waals surface area contributed by atoms with Gasteiger partial charge in [0, 0.05) is 9.52 Å². The monoisotopic (exact) mass is 144 g/mol. The third-order valence-corrected chi connectivity index (χ3v) is 3.88. The zero-order chi connectivity index (χ0) is 7.33. The van der Waals surface area contributed by atoms with Crippen LogP contribution in [0.25, 0.3) is 0 Å². The lowest BCUT2D eigenvalue weighted by Gasteiger charge is -2.16. The van der Waals surface area contributed by atoms with E-state index in [1.807, 2.05) is 0 Å². The summed E-state index contributed by atoms with van der Waals surface area (Å²) in [7, 11) is 0.239. The molecule has 0 N–H and O–H groups in total. The minimum absolute atomic E-state index is 0.239. The van der Waals surface area contributed by atoms with Gasteiger partial charge in [-0.25, -0.2) is 0 Å². The fourth-order valence-corrected chi connectivity index (χ4v) is 2.72. The topological polar surface area (TPSA) is 0 Å². The molecule has 0 atom stereocenters. The van der Waals surface area contributed by atoms with Gasteiger partial charge in [-0.2, -0.15) is 0 Å². The first kappa shape index (κ1) is 9.22. The summed E-state index contributed by atoms with van der Waals surface area (Å²) in [5.74, 6) is 0. The molecule has 0 aromatic rings. The van der Waals surface area contributed by atoms with Gasteiger partial charge in [-0.05, 0) is 5.04 Å². The van der Waals surface area contributed by atoms with E-state index in [0.717, 1.165) is 0 Å². The van der Waals surface area contributed by atoms with Crippen LogP contribution in [-0.2, 0) is 0 Å². The molecule has 0 aliphatic rings. The van der Waals surface area contributed by atoms with Crippen LogP contribution in [0.15, 0.2) is 0 Å². The molecule has 0 fully saturated rings. The summed E-state index contributed by atoms with van der Waals surface area (Å²) in [6, 6.07) is 1.54. The van der Waals surface area contributed by atoms with Gasteiger partial charge >= 0.3 is 0 Å². The summed E-state index contributed by atoms with van der Waals surface area (Å²) in [4.78, 5) is 0. The average Bonchev–Trinajstić information content (AvgIpc) is 1.63. The van der Waals surface area contributed by atoms with E-state index in [1.165, 1.54) is 12.8 Å². The summed E-state index contributed by atoms with van der Waals surface area (Å²) in [5.41, 5.74) is 0. The Morgan fingerprint density at radius 2 is 1.78 bits per heavy atom. The van der Waals surface area contributed by atoms with E-state index in [-0.39, 0.29) is 9.52 Å². The van der Waals surface area contributed by atoms with Gasteiger partial charge in [-0.3, -0.25) is 0 Å². The lowest BCUT2D eigenvalue weighted by atomic mass is 10.2. The fraction of sp³-hybridized carbons (Fsp3) is 1.00. The lowest BCUT2D eigenvalue weighted by Crippen LogP contribution is -2.06. The summed E-state index contributed by atoms with van der Waals surface area (Å²) in [6.07, 6.45) is 2.84. The van der Waals surface area contributed by atoms with Crippen molar-refractivity contribution >= 4 is 9.52 Å². The maximum absolute atomic E-state index is 2.37. The van der Waals surface area contributed by atoms with Crippen LogP contribution in [0.3, 0.4) is 0 Å². The van der Waals surface area contributed by atoms with Crippen molar-refractivity contribution in [2.45, 2.75) is 51.6 Å². The van der Waals surface area contributed by atoms with E-state index in [2.05, 4.69) is 27.7 Å². The molecule has 0 spiro atoms. The van der Waals surface area contributed by atoms with E-state index < -0.39 is 0 Å². The Morgan fingerprint density at radius 3 is 2.11 bits per heavy atom. The molecule has 0 aromatic carbocycles. The van der Waals surface area contributed by atoms with Crippen LogP contribution in [0, 0.1) is 0 Å². The van der Waals surface area contributed by atoms with Crippen molar-refractivity contribution in [1.82, 2.24) is 0 Å². The van der Waals surface area contributed by atoms with Gasteiger partial charge in [0.05, 0.1) is 0 Å². The first-order valence-corrected chi connectivity index (χ1v) is 5.77. The minimum Gasteiger partial charge on any atom is -0.0654 e. The molecule has 0 amide bonds. The first-order chi connectivity index (χ1) is 4.06. The van der Waals surface area contributed by atoms with Crippen LogP contribution < -0.4 is 0 Å². The molecule has 56 valence electrons. The number of hydrogen-bond acceptors (Lipinski definition) is 0. The lowest BCUT2D eigenvalue weighted by molar-refractivity contribution is 0.738. The molecule has 0 unspecified atom stereocenters. The maximum Gasteiger partial charge on any atom is 0.0260 e. The van der Waals surface area contributed by atoms with Crippen LogP contribution in [0.5, 0.6) is 0 Å². The van der Waals surface area contributed by atoms with Crippen molar-refractivity contribution in [3.63, 3.8) is 0 Å². The Hall–Kier alpha value is 0.217. The van der Waals surface area contributed by atoms with E-state index in [0.29, 0.717) is 5.04 Å². The molecule has 0 nitrogen and oxygen atoms in total. The smallest absolute Gasteiger partial charge is 0.0260 e. The predicted octanol–water partition coefficient (Wildman–Crippen LogP) is 2.59. The first-order valence-electron chi connectivity index (χ1n) is 4.06. The van der Waals surface area contributed by atoms with Gasteiger partial charge in [0.2, 0.25) is 0 Å². The van der Waals surface area contributed by atoms with Crippen LogP contribution in [0.2, 0.25) is 11.1 Å². The maximum atomic E-state index is 2.37. The molecule has 0 bridgehead atoms. The Balaban J connectivity index is 3.07. The van der Waals surface area contributed by atoms with Crippen LogP contribution >= 0.6 is 0 Å². The molecule has 0 radical (unpaired) electrons. The van der Waals surface area contributed by atoms with Gasteiger partial charge in [0.15, 0.2) is 0 Å². The normalized spacial score (nSPS) is 13.3. The largest absolute Gasteiger partial charge is 0.0654 e. The molecule has 1 heteroatoms. The van der Waals surface area contributed by atoms with E-state index >= 15 is 0 Å². The number of hydrogen-bond donors (Lipinski definition) is 0. The van der Waals surface area contributed by atoms with Gasteiger partial charge in [0.1, 0.15) is 0 Å². The van der Waals surface area contributed by atoms with Crippen LogP contribution in [0.1, 0.15) is 40.5 Å². The highest BCUT2D eigenvalue weighted by Gasteiger charge is 2.08. The highest BCUT2D eigenvalue weighted by atomic mass is 28.2. The third kappa shape index (κ3) is 8.22. The van der Waals surface area contributed by atoms with Crippen molar-refractivity contribution < 1.29 is 0 Å². The predicted molar refractivity (Wildman–Crippen MR) is 48.0 cm³/mol. The SMILES string of the molecule is CCCC[SiH2]C(C)(C)C. The molecule has 9 heavy (non-hydrogen) atoms. The molecule has 0 saturated carbocycles. The summed E-state index contributed by atoms with van der Waals surface area (Å²) in [6.45, 7) is 9.38. The molecule has 0 saturated heterocycles. The minimum atomic E-state index is 0.239. The van der Waals surface area contributed by atoms with Crippen LogP contribution in [-0.4, -0.2) is 9.52 Å².